The summed E-state index contributed by atoms with van der Waals surface area (Å²) in [5.41, 5.74) is 0.103. The Morgan fingerprint density at radius 2 is 2.17 bits per heavy atom. The average molecular weight is 249 g/mol. The highest BCUT2D eigenvalue weighted by Crippen LogP contribution is 2.10. The Morgan fingerprint density at radius 3 is 2.83 bits per heavy atom. The van der Waals surface area contributed by atoms with E-state index in [9.17, 15) is 9.59 Å². The van der Waals surface area contributed by atoms with E-state index in [1.165, 1.54) is 18.6 Å². The molecule has 2 N–H and O–H groups in total. The number of anilines is 1. The number of carbonyl (C=O) groups excluding carboxylic acids is 2. The zero-order valence-electron chi connectivity index (χ0n) is 9.60. The molecule has 0 bridgehead atoms. The molecule has 0 aliphatic rings. The molecule has 0 saturated carbocycles. The second kappa shape index (κ2) is 5.17. The van der Waals surface area contributed by atoms with Gasteiger partial charge in [-0.2, -0.15) is 4.98 Å². The summed E-state index contributed by atoms with van der Waals surface area (Å²) < 4.78 is 9.85. The first-order chi connectivity index (χ1) is 8.70. The molecule has 2 amide bonds. The van der Waals surface area contributed by atoms with E-state index in [1.54, 1.807) is 13.0 Å². The lowest BCUT2D eigenvalue weighted by molar-refractivity contribution is 0.0949. The lowest BCUT2D eigenvalue weighted by Gasteiger charge is -1.96. The van der Waals surface area contributed by atoms with Gasteiger partial charge in [-0.15, -0.1) is 0 Å². The molecule has 0 aliphatic carbocycles. The molecule has 0 aliphatic heterocycles. The first-order valence-corrected chi connectivity index (χ1v) is 5.29. The third-order valence-corrected chi connectivity index (χ3v) is 2.04. The number of oxazole rings is 1. The summed E-state index contributed by atoms with van der Waals surface area (Å²) in [7, 11) is 0. The van der Waals surface area contributed by atoms with Gasteiger partial charge in [0.15, 0.2) is 11.5 Å². The third-order valence-electron chi connectivity index (χ3n) is 2.04. The van der Waals surface area contributed by atoms with Crippen molar-refractivity contribution >= 4 is 17.8 Å². The lowest BCUT2D eigenvalue weighted by Crippen LogP contribution is -2.23. The van der Waals surface area contributed by atoms with Gasteiger partial charge in [-0.05, 0) is 19.1 Å². The first kappa shape index (κ1) is 11.9. The molecule has 2 aromatic heterocycles. The van der Waals surface area contributed by atoms with E-state index in [2.05, 4.69) is 15.6 Å². The van der Waals surface area contributed by atoms with Crippen molar-refractivity contribution in [1.82, 2.24) is 10.3 Å². The van der Waals surface area contributed by atoms with Crippen LogP contribution in [-0.4, -0.2) is 23.3 Å². The van der Waals surface area contributed by atoms with Gasteiger partial charge in [0.1, 0.15) is 6.26 Å². The maximum Gasteiger partial charge on any atom is 0.302 e. The van der Waals surface area contributed by atoms with Crippen molar-refractivity contribution in [2.24, 2.45) is 0 Å². The normalized spacial score (nSPS) is 10.1. The Bertz CT molecular complexity index is 544. The Labute approximate surface area is 102 Å². The number of aromatic nitrogens is 1. The molecule has 0 unspecified atom stereocenters. The summed E-state index contributed by atoms with van der Waals surface area (Å²) in [6.07, 6.45) is 2.55. The van der Waals surface area contributed by atoms with Crippen molar-refractivity contribution in [2.75, 3.05) is 11.9 Å². The van der Waals surface area contributed by atoms with Crippen molar-refractivity contribution < 1.29 is 18.4 Å². The fourth-order valence-electron chi connectivity index (χ4n) is 1.25. The fourth-order valence-corrected chi connectivity index (χ4v) is 1.25. The molecule has 0 fully saturated rings. The van der Waals surface area contributed by atoms with E-state index >= 15 is 0 Å². The van der Waals surface area contributed by atoms with Crippen LogP contribution in [0, 0.1) is 0 Å². The SMILES string of the molecule is CCNC(=O)c1coc(NC(=O)c2ccco2)n1. The number of amides is 2. The minimum atomic E-state index is -0.496. The number of carbonyl (C=O) groups is 2. The molecule has 2 heterocycles. The summed E-state index contributed by atoms with van der Waals surface area (Å²) in [6.45, 7) is 2.28. The summed E-state index contributed by atoms with van der Waals surface area (Å²) in [5.74, 6) is -0.725. The Balaban J connectivity index is 2.03. The number of rotatable bonds is 4. The van der Waals surface area contributed by atoms with E-state index in [-0.39, 0.29) is 23.4 Å². The number of hydrogen-bond acceptors (Lipinski definition) is 5. The smallest absolute Gasteiger partial charge is 0.302 e. The molecule has 7 nitrogen and oxygen atoms in total. The van der Waals surface area contributed by atoms with Gasteiger partial charge in [-0.25, -0.2) is 0 Å². The standard InChI is InChI=1S/C11H11N3O4/c1-2-12-9(15)7-6-18-11(13-7)14-10(16)8-4-3-5-17-8/h3-6H,2H2,1H3,(H,12,15)(H,13,14,16). The van der Waals surface area contributed by atoms with Crippen LogP contribution < -0.4 is 10.6 Å². The van der Waals surface area contributed by atoms with Gasteiger partial charge < -0.3 is 14.2 Å². The van der Waals surface area contributed by atoms with Crippen molar-refractivity contribution in [3.63, 3.8) is 0 Å². The largest absolute Gasteiger partial charge is 0.459 e. The molecule has 0 spiro atoms. The van der Waals surface area contributed by atoms with Crippen LogP contribution in [0.5, 0.6) is 0 Å². The van der Waals surface area contributed by atoms with Gasteiger partial charge >= 0.3 is 6.01 Å². The highest BCUT2D eigenvalue weighted by Gasteiger charge is 2.15. The van der Waals surface area contributed by atoms with Crippen LogP contribution in [0.25, 0.3) is 0 Å². The molecule has 18 heavy (non-hydrogen) atoms. The quantitative estimate of drug-likeness (QED) is 0.850. The zero-order valence-corrected chi connectivity index (χ0v) is 9.60. The van der Waals surface area contributed by atoms with Gasteiger partial charge in [-0.1, -0.05) is 0 Å². The maximum atomic E-state index is 11.6. The predicted molar refractivity (Wildman–Crippen MR) is 61.2 cm³/mol. The molecule has 0 atom stereocenters. The Kier molecular flexibility index (Phi) is 3.42. The van der Waals surface area contributed by atoms with E-state index in [0.29, 0.717) is 6.54 Å². The summed E-state index contributed by atoms with van der Waals surface area (Å²) in [4.78, 5) is 26.8. The second-order valence-corrected chi connectivity index (χ2v) is 3.33. The second-order valence-electron chi connectivity index (χ2n) is 3.33. The van der Waals surface area contributed by atoms with Crippen LogP contribution in [-0.2, 0) is 0 Å². The van der Waals surface area contributed by atoms with Gasteiger partial charge in [0.25, 0.3) is 11.8 Å². The topological polar surface area (TPSA) is 97.4 Å². The van der Waals surface area contributed by atoms with Gasteiger partial charge in [0.2, 0.25) is 0 Å². The minimum Gasteiger partial charge on any atom is -0.459 e. The molecule has 2 rings (SSSR count). The molecule has 0 radical (unpaired) electrons. The summed E-state index contributed by atoms with van der Waals surface area (Å²) in [6, 6.07) is 3.03. The lowest BCUT2D eigenvalue weighted by atomic mass is 10.4. The first-order valence-electron chi connectivity index (χ1n) is 5.29. The van der Waals surface area contributed by atoms with Gasteiger partial charge in [0, 0.05) is 6.54 Å². The van der Waals surface area contributed by atoms with Crippen LogP contribution >= 0.6 is 0 Å². The van der Waals surface area contributed by atoms with Crippen LogP contribution in [0.4, 0.5) is 6.01 Å². The van der Waals surface area contributed by atoms with Crippen LogP contribution in [0.3, 0.4) is 0 Å². The number of hydrogen-bond donors (Lipinski definition) is 2. The van der Waals surface area contributed by atoms with E-state index < -0.39 is 5.91 Å². The molecule has 2 aromatic rings. The average Bonchev–Trinajstić information content (AvgIpc) is 2.99. The molecule has 94 valence electrons. The monoisotopic (exact) mass is 249 g/mol. The van der Waals surface area contributed by atoms with Crippen molar-refractivity contribution in [2.45, 2.75) is 6.92 Å². The minimum absolute atomic E-state index is 0.0577. The summed E-state index contributed by atoms with van der Waals surface area (Å²) >= 11 is 0. The predicted octanol–water partition coefficient (Wildman–Crippen LogP) is 1.27. The van der Waals surface area contributed by atoms with Gasteiger partial charge in [0.05, 0.1) is 6.26 Å². The van der Waals surface area contributed by atoms with E-state index in [4.69, 9.17) is 8.83 Å². The van der Waals surface area contributed by atoms with Crippen molar-refractivity contribution in [3.8, 4) is 0 Å². The Morgan fingerprint density at radius 1 is 1.33 bits per heavy atom. The molecular formula is C11H11N3O4. The summed E-state index contributed by atoms with van der Waals surface area (Å²) in [5, 5.41) is 4.93. The van der Waals surface area contributed by atoms with Crippen molar-refractivity contribution in [3.05, 3.63) is 36.1 Å². The van der Waals surface area contributed by atoms with E-state index in [1.807, 2.05) is 0 Å². The third kappa shape index (κ3) is 2.57. The van der Waals surface area contributed by atoms with Crippen LogP contribution in [0.2, 0.25) is 0 Å². The molecular weight excluding hydrogens is 238 g/mol. The molecule has 0 saturated heterocycles. The molecule has 7 heteroatoms. The number of furan rings is 1. The highest BCUT2D eigenvalue weighted by atomic mass is 16.4. The maximum absolute atomic E-state index is 11.6. The van der Waals surface area contributed by atoms with Crippen LogP contribution in [0.15, 0.2) is 33.5 Å². The number of nitrogens with one attached hydrogen (secondary N) is 2. The number of nitrogens with zero attached hydrogens (tertiary/aromatic N) is 1. The Hall–Kier alpha value is -2.57. The fraction of sp³-hybridized carbons (Fsp3) is 0.182. The van der Waals surface area contributed by atoms with E-state index in [0.717, 1.165) is 0 Å². The van der Waals surface area contributed by atoms with Gasteiger partial charge in [-0.3, -0.25) is 14.9 Å². The zero-order chi connectivity index (χ0) is 13.0. The van der Waals surface area contributed by atoms with Crippen molar-refractivity contribution in [1.29, 1.82) is 0 Å². The highest BCUT2D eigenvalue weighted by molar-refractivity contribution is 6.01. The van der Waals surface area contributed by atoms with Crippen LogP contribution in [0.1, 0.15) is 28.0 Å². The molecule has 0 aromatic carbocycles.